The number of hydrogen-bond acceptors (Lipinski definition) is 2. The summed E-state index contributed by atoms with van der Waals surface area (Å²) < 4.78 is 0. The summed E-state index contributed by atoms with van der Waals surface area (Å²) in [5, 5.41) is 2.28. The molecule has 3 rings (SSSR count). The van der Waals surface area contributed by atoms with E-state index in [-0.39, 0.29) is 5.91 Å². The number of fused-ring (bicyclic) bond motifs is 1. The maximum atomic E-state index is 11.9. The van der Waals surface area contributed by atoms with Gasteiger partial charge in [0.25, 0.3) is 0 Å². The Labute approximate surface area is 117 Å². The van der Waals surface area contributed by atoms with Crippen LogP contribution in [0.3, 0.4) is 0 Å². The maximum Gasteiger partial charge on any atom is 0.223 e. The molecule has 1 amide bonds. The lowest BCUT2D eigenvalue weighted by Gasteiger charge is -2.17. The normalized spacial score (nSPS) is 19.3. The number of likely N-dealkylation sites (tertiary alicyclic amines) is 1. The van der Waals surface area contributed by atoms with E-state index in [0.29, 0.717) is 24.8 Å². The molecule has 2 heterocycles. The Morgan fingerprint density at radius 3 is 3.05 bits per heavy atom. The molecule has 19 heavy (non-hydrogen) atoms. The number of halogens is 1. The van der Waals surface area contributed by atoms with Gasteiger partial charge in [-0.05, 0) is 22.9 Å². The van der Waals surface area contributed by atoms with Gasteiger partial charge in [-0.3, -0.25) is 9.78 Å². The number of benzene rings is 1. The Morgan fingerprint density at radius 2 is 2.26 bits per heavy atom. The molecule has 0 saturated carbocycles. The zero-order chi connectivity index (χ0) is 13.2. The van der Waals surface area contributed by atoms with E-state index in [1.54, 1.807) is 6.20 Å². The van der Waals surface area contributed by atoms with Gasteiger partial charge in [0.1, 0.15) is 0 Å². The lowest BCUT2D eigenvalue weighted by molar-refractivity contribution is -0.128. The molecule has 0 N–H and O–H groups in total. The standard InChI is InChI=1S/C15H15ClN2O/c16-7-11-6-15(19)18(9-11)10-13-3-1-2-12-8-17-5-4-14(12)13/h1-5,8,11H,6-7,9-10H2. The molecule has 2 aromatic rings. The largest absolute Gasteiger partial charge is 0.338 e. The monoisotopic (exact) mass is 274 g/mol. The van der Waals surface area contributed by atoms with Crippen molar-refractivity contribution in [2.45, 2.75) is 13.0 Å². The van der Waals surface area contributed by atoms with Gasteiger partial charge in [-0.15, -0.1) is 11.6 Å². The highest BCUT2D eigenvalue weighted by Gasteiger charge is 2.28. The summed E-state index contributed by atoms with van der Waals surface area (Å²) in [5.74, 6) is 1.06. The minimum Gasteiger partial charge on any atom is -0.338 e. The van der Waals surface area contributed by atoms with E-state index in [2.05, 4.69) is 11.1 Å². The molecule has 0 spiro atoms. The Morgan fingerprint density at radius 1 is 1.37 bits per heavy atom. The zero-order valence-corrected chi connectivity index (χ0v) is 11.3. The van der Waals surface area contributed by atoms with Crippen LogP contribution in [-0.2, 0) is 11.3 Å². The van der Waals surface area contributed by atoms with Gasteiger partial charge in [-0.1, -0.05) is 18.2 Å². The molecule has 3 nitrogen and oxygen atoms in total. The van der Waals surface area contributed by atoms with E-state index in [4.69, 9.17) is 11.6 Å². The summed E-state index contributed by atoms with van der Waals surface area (Å²) in [7, 11) is 0. The minimum absolute atomic E-state index is 0.205. The number of pyridine rings is 1. The highest BCUT2D eigenvalue weighted by Crippen LogP contribution is 2.24. The van der Waals surface area contributed by atoms with Crippen LogP contribution >= 0.6 is 11.6 Å². The summed E-state index contributed by atoms with van der Waals surface area (Å²) in [5.41, 5.74) is 1.17. The van der Waals surface area contributed by atoms with Crippen LogP contribution in [0.25, 0.3) is 10.8 Å². The number of hydrogen-bond donors (Lipinski definition) is 0. The van der Waals surface area contributed by atoms with Crippen molar-refractivity contribution in [3.63, 3.8) is 0 Å². The Bertz CT molecular complexity index is 609. The predicted molar refractivity (Wildman–Crippen MR) is 76.0 cm³/mol. The van der Waals surface area contributed by atoms with Crippen LogP contribution in [0.15, 0.2) is 36.7 Å². The van der Waals surface area contributed by atoms with Crippen LogP contribution in [0.4, 0.5) is 0 Å². The van der Waals surface area contributed by atoms with Crippen LogP contribution < -0.4 is 0 Å². The average molecular weight is 275 g/mol. The van der Waals surface area contributed by atoms with E-state index < -0.39 is 0 Å². The summed E-state index contributed by atoms with van der Waals surface area (Å²) in [6.07, 6.45) is 4.22. The third-order valence-corrected chi connectivity index (χ3v) is 4.08. The molecule has 1 atom stereocenters. The van der Waals surface area contributed by atoms with E-state index >= 15 is 0 Å². The second-order valence-corrected chi connectivity index (χ2v) is 5.32. The van der Waals surface area contributed by atoms with E-state index in [1.807, 2.05) is 29.3 Å². The van der Waals surface area contributed by atoms with Crippen molar-refractivity contribution in [3.05, 3.63) is 42.2 Å². The molecule has 1 aliphatic rings. The van der Waals surface area contributed by atoms with E-state index in [1.165, 1.54) is 10.9 Å². The van der Waals surface area contributed by atoms with Crippen LogP contribution in [0, 0.1) is 5.92 Å². The molecule has 98 valence electrons. The second kappa shape index (κ2) is 5.17. The van der Waals surface area contributed by atoms with Gasteiger partial charge < -0.3 is 4.90 Å². The SMILES string of the molecule is O=C1CC(CCl)CN1Cc1cccc2cnccc12. The zero-order valence-electron chi connectivity index (χ0n) is 10.6. The molecule has 1 saturated heterocycles. The summed E-state index contributed by atoms with van der Waals surface area (Å²) in [6, 6.07) is 8.13. The summed E-state index contributed by atoms with van der Waals surface area (Å²) in [4.78, 5) is 18.0. The minimum atomic E-state index is 0.205. The Balaban J connectivity index is 1.88. The van der Waals surface area contributed by atoms with Crippen molar-refractivity contribution in [1.29, 1.82) is 0 Å². The topological polar surface area (TPSA) is 33.2 Å². The Hall–Kier alpha value is -1.61. The molecule has 1 aromatic heterocycles. The summed E-state index contributed by atoms with van der Waals surface area (Å²) >= 11 is 5.85. The number of nitrogens with zero attached hydrogens (tertiary/aromatic N) is 2. The third kappa shape index (κ3) is 2.43. The van der Waals surface area contributed by atoms with Gasteiger partial charge >= 0.3 is 0 Å². The molecule has 0 radical (unpaired) electrons. The van der Waals surface area contributed by atoms with Gasteiger partial charge in [0.05, 0.1) is 0 Å². The fourth-order valence-electron chi connectivity index (χ4n) is 2.64. The van der Waals surface area contributed by atoms with Crippen molar-refractivity contribution < 1.29 is 4.79 Å². The van der Waals surface area contributed by atoms with Crippen molar-refractivity contribution >= 4 is 28.3 Å². The van der Waals surface area contributed by atoms with Gasteiger partial charge in [-0.2, -0.15) is 0 Å². The van der Waals surface area contributed by atoms with Gasteiger partial charge in [0.2, 0.25) is 5.91 Å². The highest BCUT2D eigenvalue weighted by atomic mass is 35.5. The van der Waals surface area contributed by atoms with E-state index in [9.17, 15) is 4.79 Å². The molecule has 1 unspecified atom stereocenters. The van der Waals surface area contributed by atoms with Gasteiger partial charge in [-0.25, -0.2) is 0 Å². The van der Waals surface area contributed by atoms with Gasteiger partial charge in [0.15, 0.2) is 0 Å². The highest BCUT2D eigenvalue weighted by molar-refractivity contribution is 6.18. The predicted octanol–water partition coefficient (Wildman–Crippen LogP) is 2.82. The fourth-order valence-corrected chi connectivity index (χ4v) is 2.85. The lowest BCUT2D eigenvalue weighted by Crippen LogP contribution is -2.24. The van der Waals surface area contributed by atoms with Crippen LogP contribution in [-0.4, -0.2) is 28.2 Å². The van der Waals surface area contributed by atoms with Crippen molar-refractivity contribution in [2.75, 3.05) is 12.4 Å². The van der Waals surface area contributed by atoms with Gasteiger partial charge in [0, 0.05) is 43.2 Å². The number of aromatic nitrogens is 1. The molecule has 0 bridgehead atoms. The van der Waals surface area contributed by atoms with Crippen molar-refractivity contribution in [2.24, 2.45) is 5.92 Å². The number of carbonyl (C=O) groups is 1. The molecule has 4 heteroatoms. The number of rotatable bonds is 3. The number of alkyl halides is 1. The molecule has 1 aliphatic heterocycles. The third-order valence-electron chi connectivity index (χ3n) is 3.65. The van der Waals surface area contributed by atoms with E-state index in [0.717, 1.165) is 11.9 Å². The molecular formula is C15H15ClN2O. The molecular weight excluding hydrogens is 260 g/mol. The average Bonchev–Trinajstić information content (AvgIpc) is 2.80. The number of amides is 1. The first-order valence-electron chi connectivity index (χ1n) is 6.43. The summed E-state index contributed by atoms with van der Waals surface area (Å²) in [6.45, 7) is 1.43. The first kappa shape index (κ1) is 12.4. The first-order valence-corrected chi connectivity index (χ1v) is 6.96. The van der Waals surface area contributed by atoms with Crippen molar-refractivity contribution in [1.82, 2.24) is 9.88 Å². The fraction of sp³-hybridized carbons (Fsp3) is 0.333. The Kier molecular flexibility index (Phi) is 3.38. The molecule has 1 aromatic carbocycles. The molecule has 1 fully saturated rings. The molecule has 0 aliphatic carbocycles. The quantitative estimate of drug-likeness (QED) is 0.807. The van der Waals surface area contributed by atoms with Crippen molar-refractivity contribution in [3.8, 4) is 0 Å². The van der Waals surface area contributed by atoms with Crippen LogP contribution in [0.2, 0.25) is 0 Å². The smallest absolute Gasteiger partial charge is 0.223 e. The van der Waals surface area contributed by atoms with Crippen LogP contribution in [0.1, 0.15) is 12.0 Å². The van der Waals surface area contributed by atoms with Crippen LogP contribution in [0.5, 0.6) is 0 Å². The first-order chi connectivity index (χ1) is 9.28. The number of carbonyl (C=O) groups excluding carboxylic acids is 1. The lowest BCUT2D eigenvalue weighted by atomic mass is 10.1. The second-order valence-electron chi connectivity index (χ2n) is 5.01. The maximum absolute atomic E-state index is 11.9.